The summed E-state index contributed by atoms with van der Waals surface area (Å²) in [6.07, 6.45) is 1.30. The molecule has 78 valence electrons. The third-order valence-electron chi connectivity index (χ3n) is 1.70. The number of ether oxygens (including phenoxy) is 1. The molecule has 0 atom stereocenters. The monoisotopic (exact) mass is 204 g/mol. The molecule has 0 bridgehead atoms. The molecule has 0 aliphatic rings. The van der Waals surface area contributed by atoms with Gasteiger partial charge in [-0.25, -0.2) is 0 Å². The zero-order valence-electron chi connectivity index (χ0n) is 8.69. The molecule has 0 saturated heterocycles. The lowest BCUT2D eigenvalue weighted by Crippen LogP contribution is -2.00. The first-order valence-corrected chi connectivity index (χ1v) is 4.55. The number of esters is 1. The Morgan fingerprint density at radius 1 is 1.13 bits per heavy atom. The molecule has 1 rings (SSSR count). The van der Waals surface area contributed by atoms with Gasteiger partial charge in [0.15, 0.2) is 5.78 Å². The Balaban J connectivity index is 2.75. The second-order valence-corrected chi connectivity index (χ2v) is 3.08. The molecule has 15 heavy (non-hydrogen) atoms. The Kier molecular flexibility index (Phi) is 3.80. The molecule has 3 nitrogen and oxygen atoms in total. The van der Waals surface area contributed by atoms with Crippen molar-refractivity contribution >= 4 is 11.8 Å². The molecule has 0 fully saturated rings. The summed E-state index contributed by atoms with van der Waals surface area (Å²) in [6, 6.07) is 8.81. The van der Waals surface area contributed by atoms with E-state index in [2.05, 4.69) is 0 Å². The topological polar surface area (TPSA) is 43.4 Å². The van der Waals surface area contributed by atoms with Gasteiger partial charge in [0.05, 0.1) is 0 Å². The molecule has 0 N–H and O–H groups in total. The number of benzene rings is 1. The van der Waals surface area contributed by atoms with Crippen molar-refractivity contribution in [3.8, 4) is 0 Å². The minimum Gasteiger partial charge on any atom is -0.431 e. The van der Waals surface area contributed by atoms with Crippen LogP contribution in [0.2, 0.25) is 0 Å². The van der Waals surface area contributed by atoms with Crippen LogP contribution >= 0.6 is 0 Å². The van der Waals surface area contributed by atoms with E-state index in [1.165, 1.54) is 13.0 Å². The van der Waals surface area contributed by atoms with Crippen LogP contribution in [0.3, 0.4) is 0 Å². The highest BCUT2D eigenvalue weighted by atomic mass is 16.5. The third kappa shape index (κ3) is 3.77. The first kappa shape index (κ1) is 11.2. The molecular weight excluding hydrogens is 192 g/mol. The lowest BCUT2D eigenvalue weighted by molar-refractivity contribution is -0.136. The molecule has 0 spiro atoms. The second-order valence-electron chi connectivity index (χ2n) is 3.08. The van der Waals surface area contributed by atoms with Gasteiger partial charge in [0, 0.05) is 18.6 Å². The molecule has 3 heteroatoms. The van der Waals surface area contributed by atoms with Crippen molar-refractivity contribution in [1.82, 2.24) is 0 Å². The Bertz CT molecular complexity index is 391. The van der Waals surface area contributed by atoms with E-state index in [1.807, 2.05) is 6.07 Å². The van der Waals surface area contributed by atoms with Gasteiger partial charge < -0.3 is 4.74 Å². The Labute approximate surface area is 88.4 Å². The number of hydrogen-bond acceptors (Lipinski definition) is 3. The first-order valence-electron chi connectivity index (χ1n) is 4.55. The van der Waals surface area contributed by atoms with Gasteiger partial charge >= 0.3 is 5.97 Å². The summed E-state index contributed by atoms with van der Waals surface area (Å²) in [5, 5.41) is 0. The predicted molar refractivity (Wildman–Crippen MR) is 56.3 cm³/mol. The second kappa shape index (κ2) is 5.10. The van der Waals surface area contributed by atoms with Crippen molar-refractivity contribution in [2.45, 2.75) is 13.8 Å². The van der Waals surface area contributed by atoms with E-state index in [0.717, 1.165) is 0 Å². The number of carbonyl (C=O) groups is 2. The van der Waals surface area contributed by atoms with Crippen molar-refractivity contribution < 1.29 is 14.3 Å². The number of allylic oxidation sites excluding steroid dienone is 2. The van der Waals surface area contributed by atoms with Crippen molar-refractivity contribution in [2.75, 3.05) is 0 Å². The minimum absolute atomic E-state index is 0.172. The van der Waals surface area contributed by atoms with Crippen LogP contribution in [0.1, 0.15) is 24.2 Å². The maximum absolute atomic E-state index is 11.6. The maximum atomic E-state index is 11.6. The van der Waals surface area contributed by atoms with Crippen LogP contribution in [0, 0.1) is 0 Å². The Morgan fingerprint density at radius 3 is 2.27 bits per heavy atom. The van der Waals surface area contributed by atoms with Crippen molar-refractivity contribution in [3.63, 3.8) is 0 Å². The fraction of sp³-hybridized carbons (Fsp3) is 0.167. The van der Waals surface area contributed by atoms with Crippen LogP contribution in [-0.2, 0) is 9.53 Å². The zero-order valence-corrected chi connectivity index (χ0v) is 8.69. The molecule has 0 saturated carbocycles. The number of hydrogen-bond donors (Lipinski definition) is 0. The molecular formula is C12H12O3. The molecule has 0 radical (unpaired) electrons. The predicted octanol–water partition coefficient (Wildman–Crippen LogP) is 2.34. The molecule has 1 aromatic carbocycles. The molecule has 0 heterocycles. The van der Waals surface area contributed by atoms with E-state index in [4.69, 9.17) is 4.74 Å². The van der Waals surface area contributed by atoms with Gasteiger partial charge in [-0.15, -0.1) is 0 Å². The third-order valence-corrected chi connectivity index (χ3v) is 1.70. The molecule has 0 unspecified atom stereocenters. The van der Waals surface area contributed by atoms with Gasteiger partial charge in [-0.2, -0.15) is 0 Å². The number of carbonyl (C=O) groups excluding carboxylic acids is 2. The van der Waals surface area contributed by atoms with Gasteiger partial charge in [-0.3, -0.25) is 9.59 Å². The highest BCUT2D eigenvalue weighted by Gasteiger charge is 2.03. The summed E-state index contributed by atoms with van der Waals surface area (Å²) in [5.41, 5.74) is 0.573. The van der Waals surface area contributed by atoms with E-state index in [0.29, 0.717) is 11.3 Å². The van der Waals surface area contributed by atoms with Crippen LogP contribution in [0.4, 0.5) is 0 Å². The summed E-state index contributed by atoms with van der Waals surface area (Å²) in [4.78, 5) is 22.2. The molecule has 0 aliphatic carbocycles. The molecule has 0 aromatic heterocycles. The lowest BCUT2D eigenvalue weighted by atomic mass is 10.1. The normalized spacial score (nSPS) is 10.9. The van der Waals surface area contributed by atoms with Crippen molar-refractivity contribution in [3.05, 3.63) is 47.7 Å². The number of ketones is 1. The van der Waals surface area contributed by atoms with Gasteiger partial charge in [-0.1, -0.05) is 30.3 Å². The van der Waals surface area contributed by atoms with Gasteiger partial charge in [0.2, 0.25) is 0 Å². The summed E-state index contributed by atoms with van der Waals surface area (Å²) in [5.74, 6) is -0.296. The van der Waals surface area contributed by atoms with E-state index >= 15 is 0 Å². The van der Waals surface area contributed by atoms with Gasteiger partial charge in [-0.05, 0) is 6.92 Å². The van der Waals surface area contributed by atoms with Crippen LogP contribution in [0.5, 0.6) is 0 Å². The summed E-state index contributed by atoms with van der Waals surface area (Å²) in [7, 11) is 0. The average Bonchev–Trinajstić information content (AvgIpc) is 2.17. The summed E-state index contributed by atoms with van der Waals surface area (Å²) < 4.78 is 4.74. The summed E-state index contributed by atoms with van der Waals surface area (Å²) in [6.45, 7) is 2.87. The molecule has 1 aromatic rings. The SMILES string of the molecule is CC(=O)O/C(C)=C\C(=O)c1ccccc1. The van der Waals surface area contributed by atoms with Gasteiger partial charge in [0.25, 0.3) is 0 Å². The van der Waals surface area contributed by atoms with E-state index in [-0.39, 0.29) is 5.78 Å². The maximum Gasteiger partial charge on any atom is 0.307 e. The quantitative estimate of drug-likeness (QED) is 0.328. The van der Waals surface area contributed by atoms with Crippen LogP contribution in [-0.4, -0.2) is 11.8 Å². The standard InChI is InChI=1S/C12H12O3/c1-9(15-10(2)13)8-12(14)11-6-4-3-5-7-11/h3-8H,1-2H3/b9-8-. The Morgan fingerprint density at radius 2 is 1.73 bits per heavy atom. The fourth-order valence-corrected chi connectivity index (χ4v) is 1.13. The molecule has 0 aliphatic heterocycles. The highest BCUT2D eigenvalue weighted by molar-refractivity contribution is 6.04. The van der Waals surface area contributed by atoms with Crippen LogP contribution < -0.4 is 0 Å². The van der Waals surface area contributed by atoms with E-state index in [9.17, 15) is 9.59 Å². The van der Waals surface area contributed by atoms with Crippen molar-refractivity contribution in [1.29, 1.82) is 0 Å². The number of rotatable bonds is 3. The zero-order chi connectivity index (χ0) is 11.3. The van der Waals surface area contributed by atoms with Gasteiger partial charge in [0.1, 0.15) is 5.76 Å². The summed E-state index contributed by atoms with van der Waals surface area (Å²) >= 11 is 0. The minimum atomic E-state index is -0.426. The van der Waals surface area contributed by atoms with Crippen molar-refractivity contribution in [2.24, 2.45) is 0 Å². The van der Waals surface area contributed by atoms with Crippen LogP contribution in [0.15, 0.2) is 42.2 Å². The first-order chi connectivity index (χ1) is 7.09. The largest absolute Gasteiger partial charge is 0.431 e. The fourth-order valence-electron chi connectivity index (χ4n) is 1.13. The lowest BCUT2D eigenvalue weighted by Gasteiger charge is -2.00. The average molecular weight is 204 g/mol. The Hall–Kier alpha value is -1.90. The van der Waals surface area contributed by atoms with E-state index < -0.39 is 5.97 Å². The van der Waals surface area contributed by atoms with Crippen LogP contribution in [0.25, 0.3) is 0 Å². The molecule has 0 amide bonds. The highest BCUT2D eigenvalue weighted by Crippen LogP contribution is 2.04. The smallest absolute Gasteiger partial charge is 0.307 e. The van der Waals surface area contributed by atoms with E-state index in [1.54, 1.807) is 31.2 Å².